The molecule has 0 saturated heterocycles. The average molecular weight is 440 g/mol. The lowest BCUT2D eigenvalue weighted by atomic mass is 10.3. The van der Waals surface area contributed by atoms with Crippen molar-refractivity contribution in [1.29, 1.82) is 0 Å². The van der Waals surface area contributed by atoms with E-state index < -0.39 is 15.8 Å². The van der Waals surface area contributed by atoms with Crippen LogP contribution in [0.25, 0.3) is 5.82 Å². The molecule has 0 bridgehead atoms. The van der Waals surface area contributed by atoms with Crippen LogP contribution in [-0.2, 0) is 10.0 Å². The van der Waals surface area contributed by atoms with Gasteiger partial charge in [0, 0.05) is 24.1 Å². The Morgan fingerprint density at radius 3 is 2.32 bits per heavy atom. The number of aromatic nitrogens is 3. The van der Waals surface area contributed by atoms with Crippen LogP contribution in [0.3, 0.4) is 0 Å². The maximum atomic E-state index is 13.8. The summed E-state index contributed by atoms with van der Waals surface area (Å²) in [7, 11) is -2.67. The standard InChI is InChI=1S/C21H17FN4O4S/c1-29-19-9-8-17(14-18(19)22)31(27,28)25-15-4-6-16(7-5-15)30-21-11-10-20(23-24-21)26-12-2-3-13-26/h2-14,25H,1H3. The molecule has 0 atom stereocenters. The molecule has 10 heteroatoms. The summed E-state index contributed by atoms with van der Waals surface area (Å²) in [6.45, 7) is 0. The zero-order valence-corrected chi connectivity index (χ0v) is 17.1. The molecular formula is C21H17FN4O4S. The van der Waals surface area contributed by atoms with Crippen LogP contribution in [0.4, 0.5) is 10.1 Å². The average Bonchev–Trinajstić information content (AvgIpc) is 3.30. The highest BCUT2D eigenvalue weighted by atomic mass is 32.2. The fraction of sp³-hybridized carbons (Fsp3) is 0.0476. The van der Waals surface area contributed by atoms with Crippen molar-refractivity contribution in [2.75, 3.05) is 11.8 Å². The second kappa shape index (κ2) is 8.44. The number of nitrogens with one attached hydrogen (secondary N) is 1. The number of sulfonamides is 1. The van der Waals surface area contributed by atoms with Crippen LogP contribution in [0, 0.1) is 5.82 Å². The van der Waals surface area contributed by atoms with Crippen LogP contribution in [0.1, 0.15) is 0 Å². The normalized spacial score (nSPS) is 11.2. The Morgan fingerprint density at radius 2 is 1.71 bits per heavy atom. The highest BCUT2D eigenvalue weighted by Crippen LogP contribution is 2.25. The Kier molecular flexibility index (Phi) is 5.54. The van der Waals surface area contributed by atoms with Gasteiger partial charge in [-0.3, -0.25) is 4.72 Å². The second-order valence-electron chi connectivity index (χ2n) is 6.35. The number of rotatable bonds is 7. The molecule has 4 aromatic rings. The summed E-state index contributed by atoms with van der Waals surface area (Å²) in [5.74, 6) is 0.583. The summed E-state index contributed by atoms with van der Waals surface area (Å²) < 4.78 is 53.5. The predicted molar refractivity (Wildman–Crippen MR) is 112 cm³/mol. The maximum absolute atomic E-state index is 13.8. The molecule has 0 radical (unpaired) electrons. The second-order valence-corrected chi connectivity index (χ2v) is 8.03. The third-order valence-corrected chi connectivity index (χ3v) is 5.64. The van der Waals surface area contributed by atoms with E-state index in [9.17, 15) is 12.8 Å². The van der Waals surface area contributed by atoms with E-state index in [1.807, 2.05) is 29.1 Å². The summed E-state index contributed by atoms with van der Waals surface area (Å²) in [4.78, 5) is -0.218. The van der Waals surface area contributed by atoms with Crippen LogP contribution < -0.4 is 14.2 Å². The quantitative estimate of drug-likeness (QED) is 0.467. The lowest BCUT2D eigenvalue weighted by Crippen LogP contribution is -2.13. The van der Waals surface area contributed by atoms with Gasteiger partial charge in [0.05, 0.1) is 12.0 Å². The van der Waals surface area contributed by atoms with Gasteiger partial charge in [0.25, 0.3) is 10.0 Å². The maximum Gasteiger partial charge on any atom is 0.262 e. The van der Waals surface area contributed by atoms with Crippen molar-refractivity contribution in [3.05, 3.63) is 84.9 Å². The molecule has 0 spiro atoms. The van der Waals surface area contributed by atoms with Crippen LogP contribution in [0.5, 0.6) is 17.4 Å². The Bertz CT molecular complexity index is 1280. The van der Waals surface area contributed by atoms with Gasteiger partial charge >= 0.3 is 0 Å². The molecule has 8 nitrogen and oxygen atoms in total. The van der Waals surface area contributed by atoms with E-state index in [2.05, 4.69) is 14.9 Å². The number of hydrogen-bond donors (Lipinski definition) is 1. The van der Waals surface area contributed by atoms with Crippen molar-refractivity contribution in [1.82, 2.24) is 14.8 Å². The molecule has 2 heterocycles. The number of methoxy groups -OCH3 is 1. The molecule has 0 aliphatic rings. The number of benzene rings is 2. The minimum absolute atomic E-state index is 0.0371. The summed E-state index contributed by atoms with van der Waals surface area (Å²) >= 11 is 0. The monoisotopic (exact) mass is 440 g/mol. The van der Waals surface area contributed by atoms with Crippen molar-refractivity contribution in [3.8, 4) is 23.2 Å². The van der Waals surface area contributed by atoms with Gasteiger partial charge in [-0.25, -0.2) is 12.8 Å². The van der Waals surface area contributed by atoms with Crippen LogP contribution in [0.15, 0.2) is 84.0 Å². The Balaban J connectivity index is 1.44. The molecule has 0 aliphatic heterocycles. The molecule has 2 aromatic heterocycles. The van der Waals surface area contributed by atoms with Gasteiger partial charge in [0.2, 0.25) is 5.88 Å². The van der Waals surface area contributed by atoms with Crippen molar-refractivity contribution in [2.24, 2.45) is 0 Å². The summed E-state index contributed by atoms with van der Waals surface area (Å²) in [6.07, 6.45) is 3.70. The molecule has 0 aliphatic carbocycles. The molecule has 0 amide bonds. The molecular weight excluding hydrogens is 423 g/mol. The highest BCUT2D eigenvalue weighted by Gasteiger charge is 2.17. The molecule has 0 saturated carbocycles. The van der Waals surface area contributed by atoms with Crippen molar-refractivity contribution in [2.45, 2.75) is 4.90 Å². The first-order valence-corrected chi connectivity index (χ1v) is 10.5. The zero-order chi connectivity index (χ0) is 21.8. The summed E-state index contributed by atoms with van der Waals surface area (Å²) in [5, 5.41) is 8.12. The van der Waals surface area contributed by atoms with Crippen molar-refractivity contribution in [3.63, 3.8) is 0 Å². The fourth-order valence-corrected chi connectivity index (χ4v) is 3.80. The van der Waals surface area contributed by atoms with Gasteiger partial charge in [0.1, 0.15) is 5.75 Å². The first-order valence-electron chi connectivity index (χ1n) is 9.06. The van der Waals surface area contributed by atoms with E-state index >= 15 is 0 Å². The number of halogens is 1. The van der Waals surface area contributed by atoms with E-state index in [1.54, 1.807) is 24.3 Å². The van der Waals surface area contributed by atoms with E-state index in [-0.39, 0.29) is 22.2 Å². The molecule has 0 unspecified atom stereocenters. The minimum Gasteiger partial charge on any atom is -0.494 e. The van der Waals surface area contributed by atoms with E-state index in [1.165, 1.54) is 31.4 Å². The number of hydrogen-bond acceptors (Lipinski definition) is 6. The Labute approximate surface area is 177 Å². The Morgan fingerprint density at radius 1 is 0.968 bits per heavy atom. The molecule has 4 rings (SSSR count). The van der Waals surface area contributed by atoms with E-state index in [4.69, 9.17) is 9.47 Å². The van der Waals surface area contributed by atoms with Gasteiger partial charge in [-0.2, -0.15) is 0 Å². The van der Waals surface area contributed by atoms with Crippen LogP contribution >= 0.6 is 0 Å². The van der Waals surface area contributed by atoms with Crippen LogP contribution in [0.2, 0.25) is 0 Å². The number of nitrogens with zero attached hydrogens (tertiary/aromatic N) is 3. The molecule has 158 valence electrons. The van der Waals surface area contributed by atoms with Gasteiger partial charge in [0.15, 0.2) is 17.4 Å². The summed E-state index contributed by atoms with van der Waals surface area (Å²) in [5.41, 5.74) is 0.289. The fourth-order valence-electron chi connectivity index (χ4n) is 2.73. The molecule has 31 heavy (non-hydrogen) atoms. The smallest absolute Gasteiger partial charge is 0.262 e. The van der Waals surface area contributed by atoms with Gasteiger partial charge in [-0.15, -0.1) is 10.2 Å². The lowest BCUT2D eigenvalue weighted by Gasteiger charge is -2.10. The Hall–Kier alpha value is -3.92. The van der Waals surface area contributed by atoms with E-state index in [0.717, 1.165) is 6.07 Å². The highest BCUT2D eigenvalue weighted by molar-refractivity contribution is 7.92. The predicted octanol–water partition coefficient (Wildman–Crippen LogP) is 4.01. The molecule has 0 fully saturated rings. The topological polar surface area (TPSA) is 95.3 Å². The minimum atomic E-state index is -3.97. The van der Waals surface area contributed by atoms with Gasteiger partial charge in [-0.05, 0) is 60.7 Å². The SMILES string of the molecule is COc1ccc(S(=O)(=O)Nc2ccc(Oc3ccc(-n4cccc4)nn3)cc2)cc1F. The number of anilines is 1. The first-order chi connectivity index (χ1) is 14.9. The number of ether oxygens (including phenoxy) is 2. The van der Waals surface area contributed by atoms with Crippen LogP contribution in [-0.4, -0.2) is 30.3 Å². The van der Waals surface area contributed by atoms with Gasteiger partial charge < -0.3 is 14.0 Å². The van der Waals surface area contributed by atoms with Crippen molar-refractivity contribution >= 4 is 15.7 Å². The zero-order valence-electron chi connectivity index (χ0n) is 16.3. The third-order valence-electron chi connectivity index (χ3n) is 4.26. The van der Waals surface area contributed by atoms with E-state index in [0.29, 0.717) is 11.6 Å². The first kappa shape index (κ1) is 20.4. The molecule has 2 aromatic carbocycles. The largest absolute Gasteiger partial charge is 0.494 e. The third kappa shape index (κ3) is 4.64. The molecule has 1 N–H and O–H groups in total. The summed E-state index contributed by atoms with van der Waals surface area (Å²) in [6, 6.07) is 16.8. The van der Waals surface area contributed by atoms with Gasteiger partial charge in [-0.1, -0.05) is 0 Å². The van der Waals surface area contributed by atoms with Crippen molar-refractivity contribution < 1.29 is 22.3 Å². The lowest BCUT2D eigenvalue weighted by molar-refractivity contribution is 0.385.